The van der Waals surface area contributed by atoms with E-state index in [2.05, 4.69) is 5.32 Å². The molecule has 2 rings (SSSR count). The molecule has 0 aromatic heterocycles. The predicted molar refractivity (Wildman–Crippen MR) is 110 cm³/mol. The lowest BCUT2D eigenvalue weighted by atomic mass is 10.0. The number of benzene rings is 2. The van der Waals surface area contributed by atoms with Crippen LogP contribution in [0, 0.1) is 0 Å². The number of carboxylic acid groups (broad SMARTS) is 1. The largest absolute Gasteiger partial charge is 0.477 e. The van der Waals surface area contributed by atoms with E-state index in [0.29, 0.717) is 29.8 Å². The van der Waals surface area contributed by atoms with Crippen LogP contribution in [-0.2, 0) is 20.9 Å². The van der Waals surface area contributed by atoms with Gasteiger partial charge in [0.25, 0.3) is 0 Å². The van der Waals surface area contributed by atoms with Crippen molar-refractivity contribution in [3.8, 4) is 0 Å². The second kappa shape index (κ2) is 10.8. The molecule has 0 saturated heterocycles. The molecule has 2 aromatic carbocycles. The number of esters is 1. The molecule has 2 aromatic rings. The molecular formula is C23H25NO5. The van der Waals surface area contributed by atoms with Gasteiger partial charge < -0.3 is 15.2 Å². The number of aliphatic carboxylic acids is 1. The number of ketones is 1. The van der Waals surface area contributed by atoms with Gasteiger partial charge >= 0.3 is 11.9 Å². The van der Waals surface area contributed by atoms with Gasteiger partial charge in [-0.15, -0.1) is 0 Å². The van der Waals surface area contributed by atoms with Crippen LogP contribution in [0.3, 0.4) is 0 Å². The summed E-state index contributed by atoms with van der Waals surface area (Å²) in [5.41, 5.74) is 2.11. The van der Waals surface area contributed by atoms with Crippen molar-refractivity contribution in [2.24, 2.45) is 0 Å². The van der Waals surface area contributed by atoms with E-state index in [1.54, 1.807) is 55.5 Å². The summed E-state index contributed by atoms with van der Waals surface area (Å²) < 4.78 is 5.29. The molecule has 0 saturated carbocycles. The maximum Gasteiger partial charge on any atom is 0.341 e. The number of anilines is 1. The minimum absolute atomic E-state index is 0.125. The van der Waals surface area contributed by atoms with Crippen LogP contribution in [0.15, 0.2) is 65.9 Å². The Labute approximate surface area is 170 Å². The highest BCUT2D eigenvalue weighted by Gasteiger charge is 2.21. The van der Waals surface area contributed by atoms with Crippen molar-refractivity contribution in [3.05, 3.63) is 77.0 Å². The Balaban J connectivity index is 2.06. The molecule has 6 heteroatoms. The van der Waals surface area contributed by atoms with Crippen LogP contribution in [0.5, 0.6) is 0 Å². The molecule has 152 valence electrons. The third kappa shape index (κ3) is 6.31. The highest BCUT2D eigenvalue weighted by molar-refractivity contribution is 6.17. The Morgan fingerprint density at radius 1 is 0.966 bits per heavy atom. The average Bonchev–Trinajstić information content (AvgIpc) is 2.73. The van der Waals surface area contributed by atoms with Gasteiger partial charge in [0.15, 0.2) is 5.78 Å². The molecule has 0 fully saturated rings. The number of allylic oxidation sites excluding steroid dienone is 1. The summed E-state index contributed by atoms with van der Waals surface area (Å²) in [4.78, 5) is 35.7. The van der Waals surface area contributed by atoms with Crippen molar-refractivity contribution in [1.82, 2.24) is 0 Å². The lowest BCUT2D eigenvalue weighted by Gasteiger charge is -2.13. The van der Waals surface area contributed by atoms with E-state index in [0.717, 1.165) is 5.56 Å². The van der Waals surface area contributed by atoms with Crippen LogP contribution in [-0.4, -0.2) is 22.8 Å². The highest BCUT2D eigenvalue weighted by Crippen LogP contribution is 2.19. The second-order valence-corrected chi connectivity index (χ2v) is 6.45. The van der Waals surface area contributed by atoms with E-state index < -0.39 is 11.9 Å². The van der Waals surface area contributed by atoms with Gasteiger partial charge in [0.1, 0.15) is 12.2 Å². The van der Waals surface area contributed by atoms with Crippen molar-refractivity contribution in [2.45, 2.75) is 39.7 Å². The van der Waals surface area contributed by atoms with Crippen LogP contribution in [0.1, 0.15) is 49.0 Å². The third-order valence-corrected chi connectivity index (χ3v) is 4.25. The van der Waals surface area contributed by atoms with E-state index in [-0.39, 0.29) is 24.4 Å². The van der Waals surface area contributed by atoms with Crippen LogP contribution >= 0.6 is 0 Å². The van der Waals surface area contributed by atoms with Crippen molar-refractivity contribution >= 4 is 23.4 Å². The molecule has 29 heavy (non-hydrogen) atoms. The van der Waals surface area contributed by atoms with Crippen LogP contribution < -0.4 is 5.32 Å². The van der Waals surface area contributed by atoms with Gasteiger partial charge in [-0.1, -0.05) is 44.2 Å². The van der Waals surface area contributed by atoms with Gasteiger partial charge in [-0.3, -0.25) is 4.79 Å². The van der Waals surface area contributed by atoms with Gasteiger partial charge in [0.05, 0.1) is 5.56 Å². The molecule has 0 amide bonds. The number of carbonyl (C=O) groups is 3. The van der Waals surface area contributed by atoms with E-state index in [1.807, 2.05) is 13.0 Å². The van der Waals surface area contributed by atoms with Gasteiger partial charge in [0.2, 0.25) is 0 Å². The number of carbonyl (C=O) groups excluding carboxylic acids is 2. The number of ether oxygens (including phenoxy) is 1. The molecule has 2 N–H and O–H groups in total. The Bertz CT molecular complexity index is 885. The lowest BCUT2D eigenvalue weighted by Crippen LogP contribution is -2.18. The Morgan fingerprint density at radius 2 is 1.62 bits per heavy atom. The fourth-order valence-corrected chi connectivity index (χ4v) is 2.76. The number of rotatable bonds is 10. The first-order chi connectivity index (χ1) is 14.0. The topological polar surface area (TPSA) is 92.7 Å². The van der Waals surface area contributed by atoms with Crippen molar-refractivity contribution < 1.29 is 24.2 Å². The molecule has 0 spiro atoms. The highest BCUT2D eigenvalue weighted by atomic mass is 16.5. The maximum atomic E-state index is 12.2. The summed E-state index contributed by atoms with van der Waals surface area (Å²) in [5, 5.41) is 12.5. The second-order valence-electron chi connectivity index (χ2n) is 6.45. The summed E-state index contributed by atoms with van der Waals surface area (Å²) >= 11 is 0. The van der Waals surface area contributed by atoms with Gasteiger partial charge in [0, 0.05) is 17.8 Å². The monoisotopic (exact) mass is 395 g/mol. The molecule has 0 radical (unpaired) electrons. The standard InChI is InChI=1S/C23H25NO5/c1-3-8-20(25)21(22(26)27)19(4-2)24-18-13-11-16(12-14-18)15-29-23(28)17-9-6-5-7-10-17/h5-7,9-14,24H,3-4,8,15H2,1-2H3,(H,26,27). The number of carboxylic acids is 1. The van der Waals surface area contributed by atoms with Crippen molar-refractivity contribution in [2.75, 3.05) is 5.32 Å². The zero-order valence-corrected chi connectivity index (χ0v) is 16.6. The summed E-state index contributed by atoms with van der Waals surface area (Å²) in [5.74, 6) is -2.00. The van der Waals surface area contributed by atoms with Gasteiger partial charge in [-0.25, -0.2) is 9.59 Å². The van der Waals surface area contributed by atoms with Gasteiger partial charge in [-0.2, -0.15) is 0 Å². The molecule has 0 aliphatic rings. The van der Waals surface area contributed by atoms with Crippen LogP contribution in [0.4, 0.5) is 5.69 Å². The summed E-state index contributed by atoms with van der Waals surface area (Å²) in [6.45, 7) is 3.75. The van der Waals surface area contributed by atoms with Crippen molar-refractivity contribution in [1.29, 1.82) is 0 Å². The van der Waals surface area contributed by atoms with E-state index in [1.165, 1.54) is 0 Å². The Hall–Kier alpha value is -3.41. The SMILES string of the molecule is CCCC(=O)C(C(=O)O)=C(CC)Nc1ccc(COC(=O)c2ccccc2)cc1. The van der Waals surface area contributed by atoms with Crippen LogP contribution in [0.25, 0.3) is 0 Å². The normalized spacial score (nSPS) is 11.4. The fraction of sp³-hybridized carbons (Fsp3) is 0.261. The summed E-state index contributed by atoms with van der Waals surface area (Å²) in [6.07, 6.45) is 1.16. The van der Waals surface area contributed by atoms with E-state index in [4.69, 9.17) is 4.74 Å². The predicted octanol–water partition coefficient (Wildman–Crippen LogP) is 4.57. The zero-order valence-electron chi connectivity index (χ0n) is 16.6. The van der Waals surface area contributed by atoms with Crippen molar-refractivity contribution in [3.63, 3.8) is 0 Å². The first kappa shape index (κ1) is 21.9. The quantitative estimate of drug-likeness (QED) is 0.265. The van der Waals surface area contributed by atoms with Gasteiger partial charge in [-0.05, 0) is 42.7 Å². The molecule has 0 atom stereocenters. The smallest absolute Gasteiger partial charge is 0.341 e. The number of hydrogen-bond acceptors (Lipinski definition) is 5. The molecule has 0 heterocycles. The first-order valence-electron chi connectivity index (χ1n) is 9.54. The zero-order chi connectivity index (χ0) is 21.2. The summed E-state index contributed by atoms with van der Waals surface area (Å²) in [7, 11) is 0. The number of nitrogens with one attached hydrogen (secondary N) is 1. The maximum absolute atomic E-state index is 12.2. The lowest BCUT2D eigenvalue weighted by molar-refractivity contribution is -0.134. The molecule has 0 bridgehead atoms. The third-order valence-electron chi connectivity index (χ3n) is 4.25. The minimum atomic E-state index is -1.22. The molecule has 6 nitrogen and oxygen atoms in total. The Kier molecular flexibility index (Phi) is 8.15. The fourth-order valence-electron chi connectivity index (χ4n) is 2.76. The average molecular weight is 395 g/mol. The number of Topliss-reactive ketones (excluding diaryl/α,β-unsaturated/α-hetero) is 1. The first-order valence-corrected chi connectivity index (χ1v) is 9.54. The minimum Gasteiger partial charge on any atom is -0.477 e. The molecule has 0 aliphatic heterocycles. The van der Waals surface area contributed by atoms with Crippen LogP contribution in [0.2, 0.25) is 0 Å². The molecule has 0 unspecified atom stereocenters. The molecular weight excluding hydrogens is 370 g/mol. The van der Waals surface area contributed by atoms with E-state index >= 15 is 0 Å². The summed E-state index contributed by atoms with van der Waals surface area (Å²) in [6, 6.07) is 15.8. The van der Waals surface area contributed by atoms with E-state index in [9.17, 15) is 19.5 Å². The number of hydrogen-bond donors (Lipinski definition) is 2. The Morgan fingerprint density at radius 3 is 2.17 bits per heavy atom. The molecule has 0 aliphatic carbocycles.